The van der Waals surface area contributed by atoms with Crippen molar-refractivity contribution in [2.75, 3.05) is 6.54 Å². The van der Waals surface area contributed by atoms with Crippen LogP contribution in [0.15, 0.2) is 66.7 Å². The minimum absolute atomic E-state index is 0.0455. The summed E-state index contributed by atoms with van der Waals surface area (Å²) in [4.78, 5) is 14.2. The van der Waals surface area contributed by atoms with Gasteiger partial charge in [0.05, 0.1) is 6.04 Å². The summed E-state index contributed by atoms with van der Waals surface area (Å²) in [5, 5.41) is 12.2. The maximum Gasteiger partial charge on any atom is 0.320 e. The number of hydrogen-bond donors (Lipinski definition) is 1. The van der Waals surface area contributed by atoms with E-state index < -0.39 is 12.0 Å². The molecule has 3 aromatic rings. The Morgan fingerprint density at radius 2 is 1.74 bits per heavy atom. The average molecular weight is 359 g/mol. The van der Waals surface area contributed by atoms with Crippen molar-refractivity contribution in [1.82, 2.24) is 4.90 Å². The first-order valence-electron chi connectivity index (χ1n) is 9.67. The number of piperidine rings is 1. The van der Waals surface area contributed by atoms with Crippen molar-refractivity contribution in [3.8, 4) is 0 Å². The van der Waals surface area contributed by atoms with Crippen LogP contribution >= 0.6 is 0 Å². The Balaban J connectivity index is 1.85. The molecule has 2 atom stereocenters. The van der Waals surface area contributed by atoms with Crippen LogP contribution in [-0.4, -0.2) is 28.6 Å². The molecule has 138 valence electrons. The SMILES string of the molecule is Cc1cccc(C(c2ccc3ccccc3c2)N2CCCCC2C(=O)O)c1. The second-order valence-electron chi connectivity index (χ2n) is 7.51. The molecule has 0 bridgehead atoms. The molecule has 1 N–H and O–H groups in total. The second kappa shape index (κ2) is 7.53. The number of aryl methyl sites for hydroxylation is 1. The number of rotatable bonds is 4. The number of carboxylic acid groups (broad SMARTS) is 1. The van der Waals surface area contributed by atoms with Gasteiger partial charge in [0.25, 0.3) is 0 Å². The number of likely N-dealkylation sites (tertiary alicyclic amines) is 1. The number of fused-ring (bicyclic) bond motifs is 1. The third kappa shape index (κ3) is 3.60. The lowest BCUT2D eigenvalue weighted by Gasteiger charge is -2.39. The molecule has 1 heterocycles. The minimum atomic E-state index is -0.715. The second-order valence-corrected chi connectivity index (χ2v) is 7.51. The summed E-state index contributed by atoms with van der Waals surface area (Å²) in [5.74, 6) is -0.715. The Kier molecular flexibility index (Phi) is 4.95. The van der Waals surface area contributed by atoms with Gasteiger partial charge < -0.3 is 5.11 Å². The molecule has 0 saturated carbocycles. The van der Waals surface area contributed by atoms with Crippen LogP contribution in [0.25, 0.3) is 10.8 Å². The third-order valence-corrected chi connectivity index (χ3v) is 5.61. The zero-order chi connectivity index (χ0) is 18.8. The van der Waals surface area contributed by atoms with Gasteiger partial charge in [-0.3, -0.25) is 9.69 Å². The Bertz CT molecular complexity index is 965. The largest absolute Gasteiger partial charge is 0.480 e. The molecule has 2 unspecified atom stereocenters. The molecule has 0 aliphatic carbocycles. The molecule has 3 heteroatoms. The molecule has 0 spiro atoms. The van der Waals surface area contributed by atoms with Crippen LogP contribution in [0.3, 0.4) is 0 Å². The predicted octanol–water partition coefficient (Wildman–Crippen LogP) is 5.18. The van der Waals surface area contributed by atoms with Gasteiger partial charge in [0.15, 0.2) is 0 Å². The quantitative estimate of drug-likeness (QED) is 0.698. The molecule has 0 aromatic heterocycles. The molecule has 3 aromatic carbocycles. The highest BCUT2D eigenvalue weighted by Gasteiger charge is 2.35. The van der Waals surface area contributed by atoms with E-state index in [2.05, 4.69) is 72.5 Å². The van der Waals surface area contributed by atoms with E-state index in [9.17, 15) is 9.90 Å². The Morgan fingerprint density at radius 1 is 0.963 bits per heavy atom. The van der Waals surface area contributed by atoms with Crippen LogP contribution in [0.5, 0.6) is 0 Å². The number of hydrogen-bond acceptors (Lipinski definition) is 2. The monoisotopic (exact) mass is 359 g/mol. The molecule has 1 aliphatic rings. The minimum Gasteiger partial charge on any atom is -0.480 e. The lowest BCUT2D eigenvalue weighted by atomic mass is 9.90. The number of carbonyl (C=O) groups is 1. The van der Waals surface area contributed by atoms with Gasteiger partial charge in [-0.25, -0.2) is 0 Å². The van der Waals surface area contributed by atoms with Crippen LogP contribution in [-0.2, 0) is 4.79 Å². The summed E-state index contributed by atoms with van der Waals surface area (Å²) in [5.41, 5.74) is 3.52. The molecule has 4 rings (SSSR count). The normalized spacial score (nSPS) is 19.1. The molecule has 0 amide bonds. The van der Waals surface area contributed by atoms with Gasteiger partial charge >= 0.3 is 5.97 Å². The fourth-order valence-electron chi connectivity index (χ4n) is 4.32. The summed E-state index contributed by atoms with van der Waals surface area (Å²) in [7, 11) is 0. The van der Waals surface area contributed by atoms with Crippen molar-refractivity contribution < 1.29 is 9.90 Å². The summed E-state index contributed by atoms with van der Waals surface area (Å²) in [6.45, 7) is 2.90. The number of carboxylic acids is 1. The van der Waals surface area contributed by atoms with E-state index in [1.54, 1.807) is 0 Å². The van der Waals surface area contributed by atoms with Gasteiger partial charge in [0, 0.05) is 0 Å². The van der Waals surface area contributed by atoms with Gasteiger partial charge in [0.2, 0.25) is 0 Å². The first kappa shape index (κ1) is 17.7. The molecule has 0 radical (unpaired) electrons. The van der Waals surface area contributed by atoms with E-state index >= 15 is 0 Å². The first-order valence-corrected chi connectivity index (χ1v) is 9.67. The van der Waals surface area contributed by atoms with Crippen LogP contribution < -0.4 is 0 Å². The average Bonchev–Trinajstić information content (AvgIpc) is 2.68. The molecule has 1 aliphatic heterocycles. The Hall–Kier alpha value is -2.65. The first-order chi connectivity index (χ1) is 13.1. The van der Waals surface area contributed by atoms with E-state index in [1.807, 2.05) is 6.07 Å². The number of aliphatic carboxylic acids is 1. The molecule has 27 heavy (non-hydrogen) atoms. The molecule has 1 saturated heterocycles. The van der Waals surface area contributed by atoms with Gasteiger partial charge in [-0.2, -0.15) is 0 Å². The van der Waals surface area contributed by atoms with E-state index in [-0.39, 0.29) is 6.04 Å². The van der Waals surface area contributed by atoms with E-state index in [0.29, 0.717) is 6.42 Å². The number of nitrogens with zero attached hydrogens (tertiary/aromatic N) is 1. The summed E-state index contributed by atoms with van der Waals surface area (Å²) in [6.07, 6.45) is 2.73. The lowest BCUT2D eigenvalue weighted by molar-refractivity contribution is -0.145. The fraction of sp³-hybridized carbons (Fsp3) is 0.292. The Morgan fingerprint density at radius 3 is 2.52 bits per heavy atom. The highest BCUT2D eigenvalue weighted by molar-refractivity contribution is 5.83. The van der Waals surface area contributed by atoms with Crippen LogP contribution in [0.2, 0.25) is 0 Å². The van der Waals surface area contributed by atoms with E-state index in [4.69, 9.17) is 0 Å². The highest BCUT2D eigenvalue weighted by atomic mass is 16.4. The highest BCUT2D eigenvalue weighted by Crippen LogP contribution is 2.35. The maximum atomic E-state index is 12.0. The summed E-state index contributed by atoms with van der Waals surface area (Å²) >= 11 is 0. The van der Waals surface area contributed by atoms with Gasteiger partial charge in [0.1, 0.15) is 6.04 Å². The predicted molar refractivity (Wildman–Crippen MR) is 109 cm³/mol. The Labute approximate surface area is 160 Å². The fourth-order valence-corrected chi connectivity index (χ4v) is 4.32. The van der Waals surface area contributed by atoms with Crippen molar-refractivity contribution in [3.05, 3.63) is 83.4 Å². The van der Waals surface area contributed by atoms with Gasteiger partial charge in [-0.15, -0.1) is 0 Å². The molecular formula is C24H25NO2. The standard InChI is InChI=1S/C24H25NO2/c1-17-7-6-10-20(15-17)23(25-14-5-4-11-22(25)24(26)27)21-13-12-18-8-2-3-9-19(18)16-21/h2-3,6-10,12-13,15-16,22-23H,4-5,11,14H2,1H3,(H,26,27). The van der Waals surface area contributed by atoms with E-state index in [1.165, 1.54) is 21.9 Å². The zero-order valence-electron chi connectivity index (χ0n) is 15.6. The van der Waals surface area contributed by atoms with Crippen molar-refractivity contribution in [1.29, 1.82) is 0 Å². The van der Waals surface area contributed by atoms with Crippen molar-refractivity contribution in [2.45, 2.75) is 38.3 Å². The van der Waals surface area contributed by atoms with Crippen LogP contribution in [0, 0.1) is 6.92 Å². The maximum absolute atomic E-state index is 12.0. The van der Waals surface area contributed by atoms with Crippen molar-refractivity contribution in [2.24, 2.45) is 0 Å². The molecular weight excluding hydrogens is 334 g/mol. The van der Waals surface area contributed by atoms with Crippen molar-refractivity contribution >= 4 is 16.7 Å². The lowest BCUT2D eigenvalue weighted by Crippen LogP contribution is -2.46. The van der Waals surface area contributed by atoms with E-state index in [0.717, 1.165) is 24.9 Å². The van der Waals surface area contributed by atoms with Crippen LogP contribution in [0.1, 0.15) is 42.0 Å². The summed E-state index contributed by atoms with van der Waals surface area (Å²) < 4.78 is 0. The molecule has 3 nitrogen and oxygen atoms in total. The van der Waals surface area contributed by atoms with Crippen molar-refractivity contribution in [3.63, 3.8) is 0 Å². The topological polar surface area (TPSA) is 40.5 Å². The number of benzene rings is 3. The third-order valence-electron chi connectivity index (χ3n) is 5.61. The van der Waals surface area contributed by atoms with Gasteiger partial charge in [-0.05, 0) is 54.3 Å². The van der Waals surface area contributed by atoms with Crippen LogP contribution in [0.4, 0.5) is 0 Å². The van der Waals surface area contributed by atoms with Gasteiger partial charge in [-0.1, -0.05) is 72.6 Å². The smallest absolute Gasteiger partial charge is 0.320 e. The molecule has 1 fully saturated rings. The summed E-state index contributed by atoms with van der Waals surface area (Å²) in [6, 6.07) is 22.8. The zero-order valence-corrected chi connectivity index (χ0v) is 15.6.